The summed E-state index contributed by atoms with van der Waals surface area (Å²) in [7, 11) is -3.47. The van der Waals surface area contributed by atoms with Crippen LogP contribution in [0.3, 0.4) is 0 Å². The van der Waals surface area contributed by atoms with E-state index in [1.807, 2.05) is 12.1 Å². The van der Waals surface area contributed by atoms with E-state index in [4.69, 9.17) is 23.2 Å². The molecule has 116 valence electrons. The van der Waals surface area contributed by atoms with Gasteiger partial charge in [0.15, 0.2) is 9.84 Å². The Morgan fingerprint density at radius 3 is 2.05 bits per heavy atom. The molecule has 1 saturated heterocycles. The van der Waals surface area contributed by atoms with Crippen LogP contribution in [-0.4, -0.2) is 20.3 Å². The molecule has 0 saturated carbocycles. The van der Waals surface area contributed by atoms with E-state index in [0.717, 1.165) is 12.0 Å². The molecule has 2 aromatic carbocycles. The largest absolute Gasteiger partial charge is 0.300 e. The molecule has 0 radical (unpaired) electrons. The van der Waals surface area contributed by atoms with E-state index in [2.05, 4.69) is 5.32 Å². The molecule has 2 aromatic rings. The first kappa shape index (κ1) is 15.8. The summed E-state index contributed by atoms with van der Waals surface area (Å²) in [6.45, 7) is 0.671. The zero-order chi connectivity index (χ0) is 15.7. The van der Waals surface area contributed by atoms with Crippen LogP contribution >= 0.6 is 23.2 Å². The summed E-state index contributed by atoms with van der Waals surface area (Å²) < 4.78 is 25.7. The third-order valence-corrected chi connectivity index (χ3v) is 6.54. The van der Waals surface area contributed by atoms with Crippen molar-refractivity contribution in [2.45, 2.75) is 22.6 Å². The van der Waals surface area contributed by atoms with Crippen molar-refractivity contribution in [1.82, 2.24) is 5.32 Å². The first-order valence-electron chi connectivity index (χ1n) is 6.97. The average molecular weight is 356 g/mol. The lowest BCUT2D eigenvalue weighted by Crippen LogP contribution is -2.34. The van der Waals surface area contributed by atoms with Crippen molar-refractivity contribution in [3.63, 3.8) is 0 Å². The van der Waals surface area contributed by atoms with Gasteiger partial charge in [0.05, 0.1) is 4.90 Å². The van der Waals surface area contributed by atoms with Gasteiger partial charge in [-0.3, -0.25) is 0 Å². The summed E-state index contributed by atoms with van der Waals surface area (Å²) in [5.74, 6) is -0.0852. The van der Waals surface area contributed by atoms with Gasteiger partial charge in [-0.2, -0.15) is 0 Å². The van der Waals surface area contributed by atoms with Crippen LogP contribution in [0.4, 0.5) is 0 Å². The lowest BCUT2D eigenvalue weighted by molar-refractivity contribution is 0.559. The smallest absolute Gasteiger partial charge is 0.194 e. The minimum atomic E-state index is -3.47. The molecule has 3 rings (SSSR count). The second-order valence-corrected chi connectivity index (χ2v) is 8.26. The summed E-state index contributed by atoms with van der Waals surface area (Å²) >= 11 is 11.7. The zero-order valence-electron chi connectivity index (χ0n) is 11.7. The number of rotatable bonds is 3. The number of hydrogen-bond acceptors (Lipinski definition) is 3. The van der Waals surface area contributed by atoms with Crippen LogP contribution in [-0.2, 0) is 9.84 Å². The molecule has 22 heavy (non-hydrogen) atoms. The fraction of sp³-hybridized carbons (Fsp3) is 0.250. The molecule has 0 amide bonds. The van der Waals surface area contributed by atoms with Crippen LogP contribution in [0, 0.1) is 0 Å². The van der Waals surface area contributed by atoms with Crippen LogP contribution in [0.2, 0.25) is 10.0 Å². The van der Waals surface area contributed by atoms with E-state index in [9.17, 15) is 8.42 Å². The third-order valence-electron chi connectivity index (χ3n) is 3.94. The van der Waals surface area contributed by atoms with Crippen molar-refractivity contribution in [1.29, 1.82) is 0 Å². The lowest BCUT2D eigenvalue weighted by Gasteiger charge is -2.20. The van der Waals surface area contributed by atoms with Gasteiger partial charge in [-0.1, -0.05) is 35.3 Å². The monoisotopic (exact) mass is 355 g/mol. The number of sulfone groups is 1. The second kappa shape index (κ2) is 6.20. The zero-order valence-corrected chi connectivity index (χ0v) is 14.0. The molecule has 1 N–H and O–H groups in total. The topological polar surface area (TPSA) is 46.2 Å². The van der Waals surface area contributed by atoms with Crippen LogP contribution < -0.4 is 5.32 Å². The third kappa shape index (κ3) is 3.01. The van der Waals surface area contributed by atoms with Gasteiger partial charge in [-0.15, -0.1) is 0 Å². The highest BCUT2D eigenvalue weighted by Gasteiger charge is 2.38. The standard InChI is InChI=1S/C16H15Cl2NO2S/c17-12-3-1-11(2-4-12)15-9-10-19-16(15)22(20,21)14-7-5-13(18)6-8-14/h1-8,15-16,19H,9-10H2. The number of nitrogens with one attached hydrogen (secondary N) is 1. The molecule has 1 fully saturated rings. The molecular weight excluding hydrogens is 341 g/mol. The first-order chi connectivity index (χ1) is 10.5. The van der Waals surface area contributed by atoms with Crippen molar-refractivity contribution in [3.8, 4) is 0 Å². The molecule has 6 heteroatoms. The molecule has 0 aliphatic carbocycles. The van der Waals surface area contributed by atoms with Crippen LogP contribution in [0.5, 0.6) is 0 Å². The van der Waals surface area contributed by atoms with Gasteiger partial charge in [0.1, 0.15) is 5.37 Å². The molecule has 2 unspecified atom stereocenters. The quantitative estimate of drug-likeness (QED) is 0.908. The molecule has 2 atom stereocenters. The van der Waals surface area contributed by atoms with Gasteiger partial charge in [-0.05, 0) is 54.9 Å². The van der Waals surface area contributed by atoms with E-state index in [-0.39, 0.29) is 10.8 Å². The predicted octanol–water partition coefficient (Wildman–Crippen LogP) is 3.87. The summed E-state index contributed by atoms with van der Waals surface area (Å²) in [6, 6.07) is 13.7. The maximum atomic E-state index is 12.9. The van der Waals surface area contributed by atoms with Crippen molar-refractivity contribution < 1.29 is 8.42 Å². The average Bonchev–Trinajstić information content (AvgIpc) is 2.99. The molecular formula is C16H15Cl2NO2S. The normalized spacial score (nSPS) is 21.9. The van der Waals surface area contributed by atoms with Gasteiger partial charge in [0.2, 0.25) is 0 Å². The van der Waals surface area contributed by atoms with Crippen LogP contribution in [0.1, 0.15) is 17.9 Å². The number of hydrogen-bond donors (Lipinski definition) is 1. The van der Waals surface area contributed by atoms with Crippen molar-refractivity contribution in [2.75, 3.05) is 6.54 Å². The Morgan fingerprint density at radius 1 is 0.909 bits per heavy atom. The number of halogens is 2. The van der Waals surface area contributed by atoms with E-state index >= 15 is 0 Å². The number of benzene rings is 2. The highest BCUT2D eigenvalue weighted by molar-refractivity contribution is 7.92. The fourth-order valence-corrected chi connectivity index (χ4v) is 4.95. The van der Waals surface area contributed by atoms with E-state index in [0.29, 0.717) is 16.6 Å². The fourth-order valence-electron chi connectivity index (χ4n) is 2.82. The van der Waals surface area contributed by atoms with Gasteiger partial charge in [0, 0.05) is 16.0 Å². The van der Waals surface area contributed by atoms with E-state index in [1.165, 1.54) is 0 Å². The summed E-state index contributed by atoms with van der Waals surface area (Å²) in [5, 5.41) is 3.66. The van der Waals surface area contributed by atoms with Gasteiger partial charge in [-0.25, -0.2) is 8.42 Å². The minimum absolute atomic E-state index is 0.0852. The van der Waals surface area contributed by atoms with Crippen molar-refractivity contribution in [2.24, 2.45) is 0 Å². The Hall–Kier alpha value is -1.07. The Balaban J connectivity index is 1.95. The van der Waals surface area contributed by atoms with Gasteiger partial charge >= 0.3 is 0 Å². The summed E-state index contributed by atoms with van der Waals surface area (Å²) in [6.07, 6.45) is 0.777. The molecule has 0 bridgehead atoms. The molecule has 3 nitrogen and oxygen atoms in total. The van der Waals surface area contributed by atoms with Crippen LogP contribution in [0.15, 0.2) is 53.4 Å². The SMILES string of the molecule is O=S(=O)(c1ccc(Cl)cc1)C1NCCC1c1ccc(Cl)cc1. The molecule has 1 aliphatic rings. The van der Waals surface area contributed by atoms with Gasteiger partial charge < -0.3 is 5.32 Å². The second-order valence-electron chi connectivity index (χ2n) is 5.32. The molecule has 0 spiro atoms. The Bertz CT molecular complexity index is 758. The highest BCUT2D eigenvalue weighted by atomic mass is 35.5. The maximum absolute atomic E-state index is 12.9. The Morgan fingerprint density at radius 2 is 1.45 bits per heavy atom. The van der Waals surface area contributed by atoms with Gasteiger partial charge in [0.25, 0.3) is 0 Å². The Labute approximate surface area is 140 Å². The summed E-state index contributed by atoms with van der Waals surface area (Å²) in [5.41, 5.74) is 0.983. The summed E-state index contributed by atoms with van der Waals surface area (Å²) in [4.78, 5) is 0.287. The molecule has 1 aliphatic heterocycles. The van der Waals surface area contributed by atoms with Crippen molar-refractivity contribution >= 4 is 33.0 Å². The van der Waals surface area contributed by atoms with E-state index < -0.39 is 15.2 Å². The lowest BCUT2D eigenvalue weighted by atomic mass is 9.98. The Kier molecular flexibility index (Phi) is 4.46. The van der Waals surface area contributed by atoms with E-state index in [1.54, 1.807) is 36.4 Å². The highest BCUT2D eigenvalue weighted by Crippen LogP contribution is 2.34. The first-order valence-corrected chi connectivity index (χ1v) is 9.27. The molecule has 1 heterocycles. The maximum Gasteiger partial charge on any atom is 0.194 e. The molecule has 0 aromatic heterocycles. The predicted molar refractivity (Wildman–Crippen MR) is 89.2 cm³/mol. The minimum Gasteiger partial charge on any atom is -0.300 e. The van der Waals surface area contributed by atoms with Crippen LogP contribution in [0.25, 0.3) is 0 Å². The van der Waals surface area contributed by atoms with Crippen molar-refractivity contribution in [3.05, 3.63) is 64.1 Å².